The van der Waals surface area contributed by atoms with Crippen molar-refractivity contribution in [2.75, 3.05) is 0 Å². The molecule has 9 rings (SSSR count). The van der Waals surface area contributed by atoms with E-state index < -0.39 is 8.07 Å². The van der Waals surface area contributed by atoms with Gasteiger partial charge in [0.25, 0.3) is 0 Å². The predicted molar refractivity (Wildman–Crippen MR) is 215 cm³/mol. The molecule has 1 heterocycles. The van der Waals surface area contributed by atoms with Crippen molar-refractivity contribution in [2.24, 2.45) is 0 Å². The van der Waals surface area contributed by atoms with Crippen LogP contribution in [-0.2, 0) is 0 Å². The van der Waals surface area contributed by atoms with Crippen molar-refractivity contribution in [1.29, 1.82) is 0 Å². The molecule has 8 aromatic carbocycles. The van der Waals surface area contributed by atoms with Gasteiger partial charge in [-0.3, -0.25) is 0 Å². The lowest BCUT2D eigenvalue weighted by Gasteiger charge is -2.36. The molecule has 0 saturated carbocycles. The SMILES string of the molecule is [2H]c1c([2H])c([2H])c2c(c1[2H])c1ccccc1n2-c1c(-c2ccccc2)cc([Si](c2ccccc2)(c2ccccc2)c2ccccc2)cc1-c1ccccc1. The van der Waals surface area contributed by atoms with Crippen LogP contribution in [-0.4, -0.2) is 12.6 Å². The fraction of sp³-hybridized carbons (Fsp3) is 0. The van der Waals surface area contributed by atoms with Gasteiger partial charge < -0.3 is 4.57 Å². The zero-order valence-electron chi connectivity index (χ0n) is 31.3. The van der Waals surface area contributed by atoms with Crippen molar-refractivity contribution in [3.63, 3.8) is 0 Å². The quantitative estimate of drug-likeness (QED) is 0.119. The molecule has 50 heavy (non-hydrogen) atoms. The van der Waals surface area contributed by atoms with Gasteiger partial charge in [0.15, 0.2) is 8.07 Å². The van der Waals surface area contributed by atoms with E-state index in [0.29, 0.717) is 10.9 Å². The van der Waals surface area contributed by atoms with Crippen LogP contribution in [0.25, 0.3) is 49.7 Å². The highest BCUT2D eigenvalue weighted by Crippen LogP contribution is 2.41. The fourth-order valence-electron chi connectivity index (χ4n) is 7.73. The molecule has 0 atom stereocenters. The van der Waals surface area contributed by atoms with Crippen LogP contribution < -0.4 is 20.7 Å². The highest BCUT2D eigenvalue weighted by atomic mass is 28.3. The van der Waals surface area contributed by atoms with Crippen molar-refractivity contribution in [2.45, 2.75) is 0 Å². The van der Waals surface area contributed by atoms with Gasteiger partial charge >= 0.3 is 0 Å². The molecule has 1 nitrogen and oxygen atoms in total. The summed E-state index contributed by atoms with van der Waals surface area (Å²) in [7, 11) is -3.01. The third-order valence-corrected chi connectivity index (χ3v) is 14.6. The highest BCUT2D eigenvalue weighted by Gasteiger charge is 2.42. The van der Waals surface area contributed by atoms with E-state index in [1.165, 1.54) is 20.7 Å². The molecule has 9 aromatic rings. The normalized spacial score (nSPS) is 12.7. The van der Waals surface area contributed by atoms with Crippen LogP contribution in [0.4, 0.5) is 0 Å². The zero-order valence-corrected chi connectivity index (χ0v) is 28.3. The topological polar surface area (TPSA) is 4.93 Å². The van der Waals surface area contributed by atoms with Crippen LogP contribution in [0.15, 0.2) is 212 Å². The van der Waals surface area contributed by atoms with Crippen LogP contribution in [0.2, 0.25) is 0 Å². The Kier molecular flexibility index (Phi) is 6.52. The third-order valence-electron chi connectivity index (χ3n) is 9.86. The van der Waals surface area contributed by atoms with Gasteiger partial charge in [-0.05, 0) is 44.0 Å². The standard InChI is InChI=1S/C48H35NSi/c1-6-20-36(21-7-1)44-34-41(50(38-24-10-3-11-25-38,39-26-12-4-13-27-39)40-28-14-5-15-29-40)35-45(37-22-8-2-9-23-37)48(44)49-46-32-18-16-30-42(46)43-31-17-19-33-47(43)49/h1-35H/i16D,18D,30D,32D. The van der Waals surface area contributed by atoms with Gasteiger partial charge in [-0.1, -0.05) is 200 Å². The second kappa shape index (κ2) is 12.7. The first kappa shape index (κ1) is 25.7. The largest absolute Gasteiger partial charge is 0.308 e. The maximum Gasteiger partial charge on any atom is 0.179 e. The summed E-state index contributed by atoms with van der Waals surface area (Å²) in [5.74, 6) is 0. The Morgan fingerprint density at radius 1 is 0.380 bits per heavy atom. The number of nitrogens with zero attached hydrogens (tertiary/aromatic N) is 1. The molecule has 1 aromatic heterocycles. The maximum absolute atomic E-state index is 9.37. The number of fused-ring (bicyclic) bond motifs is 3. The summed E-state index contributed by atoms with van der Waals surface area (Å²) in [5, 5.41) is 6.29. The average Bonchev–Trinajstić information content (AvgIpc) is 3.59. The molecular weight excluding hydrogens is 619 g/mol. The van der Waals surface area contributed by atoms with E-state index in [1.54, 1.807) is 0 Å². The summed E-state index contributed by atoms with van der Waals surface area (Å²) in [6.07, 6.45) is 0. The summed E-state index contributed by atoms with van der Waals surface area (Å²) in [5.41, 5.74) is 6.11. The molecule has 2 heteroatoms. The Balaban J connectivity index is 1.54. The first-order valence-electron chi connectivity index (χ1n) is 19.0. The lowest BCUT2D eigenvalue weighted by atomic mass is 9.95. The molecule has 0 aliphatic rings. The minimum absolute atomic E-state index is 0.0382. The number of para-hydroxylation sites is 2. The smallest absolute Gasteiger partial charge is 0.179 e. The second-order valence-corrected chi connectivity index (χ2v) is 16.4. The van der Waals surface area contributed by atoms with Crippen LogP contribution in [0.1, 0.15) is 5.48 Å². The molecule has 0 spiro atoms. The first-order chi connectivity index (χ1) is 26.5. The molecule has 0 aliphatic heterocycles. The van der Waals surface area contributed by atoms with Crippen LogP contribution >= 0.6 is 0 Å². The van der Waals surface area contributed by atoms with E-state index in [9.17, 15) is 1.37 Å². The third kappa shape index (κ3) is 4.84. The molecule has 0 N–H and O–H groups in total. The predicted octanol–water partition coefficient (Wildman–Crippen LogP) is 9.50. The number of rotatable bonds is 7. The summed E-state index contributed by atoms with van der Waals surface area (Å²) >= 11 is 0. The van der Waals surface area contributed by atoms with Gasteiger partial charge in [-0.2, -0.15) is 0 Å². The number of hydrogen-bond donors (Lipinski definition) is 0. The van der Waals surface area contributed by atoms with E-state index in [1.807, 2.05) is 36.4 Å². The maximum atomic E-state index is 9.37. The molecular formula is C48H35NSi. The van der Waals surface area contributed by atoms with Crippen molar-refractivity contribution in [1.82, 2.24) is 4.57 Å². The lowest BCUT2D eigenvalue weighted by Crippen LogP contribution is -2.74. The number of benzene rings is 8. The van der Waals surface area contributed by atoms with Crippen LogP contribution in [0.3, 0.4) is 0 Å². The molecule has 236 valence electrons. The van der Waals surface area contributed by atoms with Crippen LogP contribution in [0.5, 0.6) is 0 Å². The van der Waals surface area contributed by atoms with Gasteiger partial charge in [-0.15, -0.1) is 0 Å². The van der Waals surface area contributed by atoms with Crippen molar-refractivity contribution >= 4 is 50.6 Å². The summed E-state index contributed by atoms with van der Waals surface area (Å²) in [6.45, 7) is 0. The Hall–Kier alpha value is -6.22. The zero-order chi connectivity index (χ0) is 36.8. The second-order valence-electron chi connectivity index (χ2n) is 12.6. The number of hydrogen-bond acceptors (Lipinski definition) is 0. The molecule has 0 saturated heterocycles. The number of aromatic nitrogens is 1. The first-order valence-corrected chi connectivity index (χ1v) is 19.0. The van der Waals surface area contributed by atoms with Gasteiger partial charge in [0.05, 0.1) is 22.2 Å². The highest BCUT2D eigenvalue weighted by molar-refractivity contribution is 7.20. The average molecular weight is 658 g/mol. The Morgan fingerprint density at radius 2 is 0.800 bits per heavy atom. The van der Waals surface area contributed by atoms with E-state index in [2.05, 4.69) is 156 Å². The van der Waals surface area contributed by atoms with E-state index >= 15 is 0 Å². The summed E-state index contributed by atoms with van der Waals surface area (Å²) < 4.78 is 38.1. The summed E-state index contributed by atoms with van der Waals surface area (Å²) in [4.78, 5) is 0. The van der Waals surface area contributed by atoms with E-state index in [0.717, 1.165) is 38.8 Å². The Bertz CT molecular complexity index is 2630. The minimum Gasteiger partial charge on any atom is -0.308 e. The van der Waals surface area contributed by atoms with Crippen molar-refractivity contribution < 1.29 is 5.48 Å². The van der Waals surface area contributed by atoms with Crippen molar-refractivity contribution in [3.05, 3.63) is 212 Å². The molecule has 0 bridgehead atoms. The Labute approximate surface area is 300 Å². The van der Waals surface area contributed by atoms with Gasteiger partial charge in [0, 0.05) is 21.9 Å². The molecule has 0 radical (unpaired) electrons. The fourth-order valence-corrected chi connectivity index (χ4v) is 12.5. The monoisotopic (exact) mass is 657 g/mol. The summed E-state index contributed by atoms with van der Waals surface area (Å²) in [6, 6.07) is 65.6. The van der Waals surface area contributed by atoms with E-state index in [-0.39, 0.29) is 24.2 Å². The molecule has 0 fully saturated rings. The molecule has 0 amide bonds. The molecule has 0 unspecified atom stereocenters. The van der Waals surface area contributed by atoms with Gasteiger partial charge in [-0.25, -0.2) is 0 Å². The molecule has 0 aliphatic carbocycles. The van der Waals surface area contributed by atoms with Crippen LogP contribution in [0, 0.1) is 0 Å². The van der Waals surface area contributed by atoms with Gasteiger partial charge in [0.1, 0.15) is 0 Å². The lowest BCUT2D eigenvalue weighted by molar-refractivity contribution is 1.18. The van der Waals surface area contributed by atoms with E-state index in [4.69, 9.17) is 4.11 Å². The minimum atomic E-state index is -3.01. The Morgan fingerprint density at radius 3 is 1.30 bits per heavy atom. The van der Waals surface area contributed by atoms with Crippen molar-refractivity contribution in [3.8, 4) is 27.9 Å². The van der Waals surface area contributed by atoms with Gasteiger partial charge in [0.2, 0.25) is 0 Å².